The molecule has 2 radical (unpaired) electrons. The summed E-state index contributed by atoms with van der Waals surface area (Å²) in [5, 5.41) is 12.4. The summed E-state index contributed by atoms with van der Waals surface area (Å²) in [4.78, 5) is 36.8. The molecule has 1 amide bonds. The van der Waals surface area contributed by atoms with E-state index in [1.807, 2.05) is 31.2 Å². The van der Waals surface area contributed by atoms with E-state index < -0.39 is 11.9 Å². The standard InChI is InChI=1S/C22H22BN3O4/c1-2-5-13(21(28)29)11-25-18-6-3-4-7-19(18)26(22(25)30)12-14-8-15(23)9-17-16(14)10-20(27)24-17/h3-4,6-9,13H,2,5,10-12H2,1H3,(H,24,27)(H,28,29). The highest BCUT2D eigenvalue weighted by molar-refractivity contribution is 6.33. The molecule has 0 fully saturated rings. The smallest absolute Gasteiger partial charge is 0.329 e. The molecule has 1 aliphatic heterocycles. The number of aliphatic carboxylic acids is 1. The fourth-order valence-electron chi connectivity index (χ4n) is 4.21. The number of carboxylic acids is 1. The molecule has 0 saturated carbocycles. The normalized spacial score (nSPS) is 14.0. The Morgan fingerprint density at radius 3 is 2.57 bits per heavy atom. The number of imidazole rings is 1. The summed E-state index contributed by atoms with van der Waals surface area (Å²) in [6, 6.07) is 10.9. The van der Waals surface area contributed by atoms with Gasteiger partial charge in [-0.05, 0) is 35.7 Å². The van der Waals surface area contributed by atoms with Gasteiger partial charge in [0.2, 0.25) is 5.91 Å². The maximum atomic E-state index is 13.3. The molecule has 1 unspecified atom stereocenters. The lowest BCUT2D eigenvalue weighted by molar-refractivity contribution is -0.142. The quantitative estimate of drug-likeness (QED) is 0.587. The highest BCUT2D eigenvalue weighted by atomic mass is 16.4. The number of aromatic nitrogens is 2. The lowest BCUT2D eigenvalue weighted by Gasteiger charge is -2.12. The van der Waals surface area contributed by atoms with Crippen LogP contribution in [-0.2, 0) is 29.1 Å². The third kappa shape index (κ3) is 3.53. The van der Waals surface area contributed by atoms with Gasteiger partial charge in [0.15, 0.2) is 0 Å². The van der Waals surface area contributed by atoms with E-state index in [1.165, 1.54) is 0 Å². The number of hydrogen-bond donors (Lipinski definition) is 2. The molecule has 2 aromatic carbocycles. The molecule has 1 aromatic heterocycles. The topological polar surface area (TPSA) is 93.3 Å². The van der Waals surface area contributed by atoms with Gasteiger partial charge in [-0.2, -0.15) is 0 Å². The minimum atomic E-state index is -0.904. The number of carbonyl (C=O) groups excluding carboxylic acids is 1. The minimum absolute atomic E-state index is 0.101. The van der Waals surface area contributed by atoms with Crippen LogP contribution in [0, 0.1) is 5.92 Å². The second-order valence-electron chi connectivity index (χ2n) is 7.72. The van der Waals surface area contributed by atoms with Gasteiger partial charge in [-0.25, -0.2) is 4.79 Å². The van der Waals surface area contributed by atoms with Gasteiger partial charge in [0.05, 0.1) is 29.9 Å². The Balaban J connectivity index is 1.80. The number of para-hydroxylation sites is 2. The number of carbonyl (C=O) groups is 2. The second-order valence-corrected chi connectivity index (χ2v) is 7.72. The van der Waals surface area contributed by atoms with E-state index >= 15 is 0 Å². The summed E-state index contributed by atoms with van der Waals surface area (Å²) in [5.41, 5.74) is 3.98. The fraction of sp³-hybridized carbons (Fsp3) is 0.318. The number of carboxylic acid groups (broad SMARTS) is 1. The molecule has 0 saturated heterocycles. The summed E-state index contributed by atoms with van der Waals surface area (Å²) < 4.78 is 3.16. The van der Waals surface area contributed by atoms with Crippen molar-refractivity contribution in [1.82, 2.24) is 9.13 Å². The molecule has 0 bridgehead atoms. The molecule has 7 nitrogen and oxygen atoms in total. The second kappa shape index (κ2) is 7.86. The summed E-state index contributed by atoms with van der Waals surface area (Å²) in [6.45, 7) is 2.29. The molecule has 8 heteroatoms. The van der Waals surface area contributed by atoms with Crippen LogP contribution in [0.2, 0.25) is 0 Å². The maximum Gasteiger partial charge on any atom is 0.329 e. The lowest BCUT2D eigenvalue weighted by atomic mass is 9.90. The Morgan fingerprint density at radius 1 is 1.20 bits per heavy atom. The van der Waals surface area contributed by atoms with Crippen LogP contribution in [-0.4, -0.2) is 34.0 Å². The number of nitrogens with zero attached hydrogens (tertiary/aromatic N) is 2. The predicted molar refractivity (Wildman–Crippen MR) is 115 cm³/mol. The molecule has 30 heavy (non-hydrogen) atoms. The average Bonchev–Trinajstić information content (AvgIpc) is 3.19. The summed E-state index contributed by atoms with van der Waals surface area (Å²) in [5.74, 6) is -1.64. The first kappa shape index (κ1) is 20.0. The number of rotatable bonds is 7. The molecule has 1 aliphatic rings. The first-order valence-corrected chi connectivity index (χ1v) is 10.0. The number of benzene rings is 2. The van der Waals surface area contributed by atoms with E-state index in [9.17, 15) is 19.5 Å². The third-order valence-corrected chi connectivity index (χ3v) is 5.62. The van der Waals surface area contributed by atoms with Gasteiger partial charge in [-0.15, -0.1) is 0 Å². The lowest BCUT2D eigenvalue weighted by Crippen LogP contribution is -2.30. The van der Waals surface area contributed by atoms with Gasteiger partial charge in [0.1, 0.15) is 7.85 Å². The van der Waals surface area contributed by atoms with Crippen molar-refractivity contribution in [1.29, 1.82) is 0 Å². The van der Waals surface area contributed by atoms with Crippen LogP contribution in [0.4, 0.5) is 5.69 Å². The highest BCUT2D eigenvalue weighted by Gasteiger charge is 2.24. The van der Waals surface area contributed by atoms with E-state index in [4.69, 9.17) is 7.85 Å². The van der Waals surface area contributed by atoms with E-state index in [2.05, 4.69) is 5.32 Å². The Morgan fingerprint density at radius 2 is 1.90 bits per heavy atom. The first-order valence-electron chi connectivity index (χ1n) is 10.0. The van der Waals surface area contributed by atoms with Crippen molar-refractivity contribution in [2.24, 2.45) is 5.92 Å². The summed E-state index contributed by atoms with van der Waals surface area (Å²) in [7, 11) is 6.01. The Labute approximate surface area is 174 Å². The van der Waals surface area contributed by atoms with Crippen molar-refractivity contribution in [2.45, 2.75) is 39.3 Å². The number of amides is 1. The zero-order valence-electron chi connectivity index (χ0n) is 16.7. The Kier molecular flexibility index (Phi) is 5.24. The molecular weight excluding hydrogens is 381 g/mol. The Bertz CT molecular complexity index is 1210. The summed E-state index contributed by atoms with van der Waals surface area (Å²) >= 11 is 0. The van der Waals surface area contributed by atoms with Crippen molar-refractivity contribution < 1.29 is 14.7 Å². The average molecular weight is 403 g/mol. The monoisotopic (exact) mass is 403 g/mol. The van der Waals surface area contributed by atoms with Gasteiger partial charge in [0.25, 0.3) is 0 Å². The van der Waals surface area contributed by atoms with Crippen molar-refractivity contribution in [3.63, 3.8) is 0 Å². The van der Waals surface area contributed by atoms with E-state index in [0.29, 0.717) is 23.1 Å². The number of nitrogens with one attached hydrogen (secondary N) is 1. The number of anilines is 1. The molecule has 3 aromatic rings. The van der Waals surface area contributed by atoms with Crippen LogP contribution in [0.25, 0.3) is 11.0 Å². The zero-order chi connectivity index (χ0) is 21.4. The molecule has 2 N–H and O–H groups in total. The molecule has 0 spiro atoms. The molecule has 1 atom stereocenters. The van der Waals surface area contributed by atoms with Crippen LogP contribution >= 0.6 is 0 Å². The summed E-state index contributed by atoms with van der Waals surface area (Å²) in [6.07, 6.45) is 1.47. The maximum absolute atomic E-state index is 13.3. The third-order valence-electron chi connectivity index (χ3n) is 5.62. The van der Waals surface area contributed by atoms with Crippen molar-refractivity contribution in [3.05, 3.63) is 58.0 Å². The molecule has 4 rings (SSSR count). The van der Waals surface area contributed by atoms with Crippen molar-refractivity contribution in [2.75, 3.05) is 5.32 Å². The van der Waals surface area contributed by atoms with Crippen LogP contribution < -0.4 is 16.5 Å². The number of hydrogen-bond acceptors (Lipinski definition) is 3. The van der Waals surface area contributed by atoms with Gasteiger partial charge in [-0.1, -0.05) is 37.0 Å². The minimum Gasteiger partial charge on any atom is -0.481 e. The van der Waals surface area contributed by atoms with Gasteiger partial charge < -0.3 is 10.4 Å². The van der Waals surface area contributed by atoms with Gasteiger partial charge >= 0.3 is 11.7 Å². The van der Waals surface area contributed by atoms with Crippen LogP contribution in [0.15, 0.2) is 41.2 Å². The van der Waals surface area contributed by atoms with E-state index in [-0.39, 0.29) is 31.1 Å². The molecular formula is C22H22BN3O4. The SMILES string of the molecule is [B]c1cc(Cn2c(=O)n(CC(CCC)C(=O)O)c3ccccc32)c2c(c1)NC(=O)C2. The number of fused-ring (bicyclic) bond motifs is 2. The predicted octanol–water partition coefficient (Wildman–Crippen LogP) is 1.64. The van der Waals surface area contributed by atoms with Crippen molar-refractivity contribution >= 4 is 41.9 Å². The molecule has 0 aliphatic carbocycles. The van der Waals surface area contributed by atoms with E-state index in [1.54, 1.807) is 21.3 Å². The highest BCUT2D eigenvalue weighted by Crippen LogP contribution is 2.27. The zero-order valence-corrected chi connectivity index (χ0v) is 16.7. The first-order chi connectivity index (χ1) is 14.4. The van der Waals surface area contributed by atoms with Crippen LogP contribution in [0.1, 0.15) is 30.9 Å². The van der Waals surface area contributed by atoms with Gasteiger partial charge in [-0.3, -0.25) is 18.7 Å². The van der Waals surface area contributed by atoms with E-state index in [0.717, 1.165) is 23.1 Å². The largest absolute Gasteiger partial charge is 0.481 e. The fourth-order valence-corrected chi connectivity index (χ4v) is 4.21. The molecule has 152 valence electrons. The van der Waals surface area contributed by atoms with Crippen molar-refractivity contribution in [3.8, 4) is 0 Å². The van der Waals surface area contributed by atoms with Crippen LogP contribution in [0.3, 0.4) is 0 Å². The molecule has 2 heterocycles. The van der Waals surface area contributed by atoms with Crippen LogP contribution in [0.5, 0.6) is 0 Å². The Hall–Kier alpha value is -3.29. The van der Waals surface area contributed by atoms with Gasteiger partial charge in [0, 0.05) is 12.2 Å².